The van der Waals surface area contributed by atoms with Crippen molar-refractivity contribution in [1.29, 1.82) is 0 Å². The van der Waals surface area contributed by atoms with Crippen LogP contribution in [0.3, 0.4) is 0 Å². The summed E-state index contributed by atoms with van der Waals surface area (Å²) in [7, 11) is 0. The van der Waals surface area contributed by atoms with E-state index in [0.29, 0.717) is 28.8 Å². The fourth-order valence-electron chi connectivity index (χ4n) is 2.86. The Hall–Kier alpha value is -2.91. The molecule has 0 aliphatic carbocycles. The maximum atomic E-state index is 11.7. The topological polar surface area (TPSA) is 99.4 Å². The molecule has 0 fully saturated rings. The van der Waals surface area contributed by atoms with Gasteiger partial charge < -0.3 is 14.6 Å². The number of tetrazole rings is 1. The first-order valence-corrected chi connectivity index (χ1v) is 10.5. The van der Waals surface area contributed by atoms with Gasteiger partial charge in [0.25, 0.3) is 0 Å². The number of hydrogen-bond acceptors (Lipinski definition) is 8. The average Bonchev–Trinajstić information content (AvgIpc) is 3.19. The van der Waals surface area contributed by atoms with E-state index >= 15 is 0 Å². The first-order chi connectivity index (χ1) is 14.5. The van der Waals surface area contributed by atoms with E-state index in [1.165, 1.54) is 11.8 Å². The van der Waals surface area contributed by atoms with Crippen LogP contribution in [0.5, 0.6) is 5.75 Å². The van der Waals surface area contributed by atoms with E-state index in [9.17, 15) is 9.90 Å². The molecule has 1 unspecified atom stereocenters. The molecule has 30 heavy (non-hydrogen) atoms. The summed E-state index contributed by atoms with van der Waals surface area (Å²) in [6, 6.07) is 12.6. The number of nitrogens with zero attached hydrogens (tertiary/aromatic N) is 4. The minimum Gasteiger partial charge on any atom is -0.491 e. The Morgan fingerprint density at radius 1 is 1.17 bits per heavy atom. The van der Waals surface area contributed by atoms with Crippen molar-refractivity contribution in [1.82, 2.24) is 20.2 Å². The minimum absolute atomic E-state index is 0.108. The van der Waals surface area contributed by atoms with Gasteiger partial charge in [-0.3, -0.25) is 0 Å². The van der Waals surface area contributed by atoms with Gasteiger partial charge in [0, 0.05) is 5.75 Å². The second kappa shape index (κ2) is 10.2. The van der Waals surface area contributed by atoms with Crippen molar-refractivity contribution in [3.8, 4) is 11.4 Å². The number of carbonyl (C=O) groups is 1. The number of thioether (sulfide) groups is 1. The zero-order chi connectivity index (χ0) is 21.5. The molecule has 0 aliphatic heterocycles. The van der Waals surface area contributed by atoms with Crippen molar-refractivity contribution >= 4 is 17.7 Å². The van der Waals surface area contributed by atoms with Crippen LogP contribution in [0.25, 0.3) is 5.69 Å². The quantitative estimate of drug-likeness (QED) is 0.410. The third-order valence-corrected chi connectivity index (χ3v) is 5.37. The molecule has 0 spiro atoms. The molecule has 3 rings (SSSR count). The van der Waals surface area contributed by atoms with Crippen molar-refractivity contribution in [2.24, 2.45) is 0 Å². The number of esters is 1. The second-order valence-electron chi connectivity index (χ2n) is 6.63. The van der Waals surface area contributed by atoms with Crippen LogP contribution in [-0.4, -0.2) is 56.4 Å². The Labute approximate surface area is 179 Å². The van der Waals surface area contributed by atoms with Gasteiger partial charge in [-0.05, 0) is 66.6 Å². The van der Waals surface area contributed by atoms with E-state index in [-0.39, 0.29) is 12.6 Å². The highest BCUT2D eigenvalue weighted by Crippen LogP contribution is 2.24. The highest BCUT2D eigenvalue weighted by molar-refractivity contribution is 7.99. The van der Waals surface area contributed by atoms with E-state index in [1.807, 2.05) is 32.0 Å². The largest absolute Gasteiger partial charge is 0.491 e. The second-order valence-corrected chi connectivity index (χ2v) is 7.62. The number of aliphatic hydroxyl groups is 1. The van der Waals surface area contributed by atoms with E-state index < -0.39 is 6.10 Å². The van der Waals surface area contributed by atoms with Gasteiger partial charge in [0.1, 0.15) is 12.4 Å². The van der Waals surface area contributed by atoms with Crippen molar-refractivity contribution in [2.45, 2.75) is 32.0 Å². The molecule has 9 heteroatoms. The van der Waals surface area contributed by atoms with Crippen LogP contribution in [0, 0.1) is 13.8 Å². The fourth-order valence-corrected chi connectivity index (χ4v) is 3.64. The average molecular weight is 429 g/mol. The van der Waals surface area contributed by atoms with E-state index in [1.54, 1.807) is 35.9 Å². The Balaban J connectivity index is 1.54. The first-order valence-electron chi connectivity index (χ1n) is 9.55. The number of carbonyl (C=O) groups excluding carboxylic acids is 1. The molecule has 1 N–H and O–H groups in total. The summed E-state index contributed by atoms with van der Waals surface area (Å²) >= 11 is 1.36. The van der Waals surface area contributed by atoms with E-state index in [0.717, 1.165) is 16.8 Å². The lowest BCUT2D eigenvalue weighted by molar-refractivity contribution is 0.0526. The molecule has 158 valence electrons. The zero-order valence-corrected chi connectivity index (χ0v) is 17.9. The first kappa shape index (κ1) is 21.8. The Kier molecular flexibility index (Phi) is 7.42. The minimum atomic E-state index is -0.720. The van der Waals surface area contributed by atoms with Gasteiger partial charge in [-0.25, -0.2) is 4.79 Å². The van der Waals surface area contributed by atoms with Gasteiger partial charge >= 0.3 is 5.97 Å². The van der Waals surface area contributed by atoms with E-state index in [2.05, 4.69) is 15.5 Å². The summed E-state index contributed by atoms with van der Waals surface area (Å²) in [5, 5.41) is 22.9. The van der Waals surface area contributed by atoms with Crippen molar-refractivity contribution in [2.75, 3.05) is 19.0 Å². The number of ether oxygens (including phenoxy) is 2. The molecular formula is C21H24N4O4S. The summed E-state index contributed by atoms with van der Waals surface area (Å²) in [6.45, 7) is 6.21. The predicted molar refractivity (Wildman–Crippen MR) is 113 cm³/mol. The third kappa shape index (κ3) is 5.37. The molecule has 0 aliphatic rings. The van der Waals surface area contributed by atoms with Crippen LogP contribution in [0.1, 0.15) is 28.4 Å². The highest BCUT2D eigenvalue weighted by Gasteiger charge is 2.15. The third-order valence-electron chi connectivity index (χ3n) is 4.30. The molecule has 0 bridgehead atoms. The molecule has 1 atom stereocenters. The van der Waals surface area contributed by atoms with Crippen LogP contribution >= 0.6 is 11.8 Å². The van der Waals surface area contributed by atoms with Gasteiger partial charge in [-0.1, -0.05) is 30.0 Å². The molecule has 0 saturated heterocycles. The lowest BCUT2D eigenvalue weighted by Gasteiger charge is -2.13. The van der Waals surface area contributed by atoms with Crippen LogP contribution in [0.4, 0.5) is 0 Å². The van der Waals surface area contributed by atoms with Crippen LogP contribution in [-0.2, 0) is 4.74 Å². The van der Waals surface area contributed by atoms with Gasteiger partial charge in [-0.2, -0.15) is 4.68 Å². The lowest BCUT2D eigenvalue weighted by Crippen LogP contribution is -2.20. The summed E-state index contributed by atoms with van der Waals surface area (Å²) < 4.78 is 12.3. The standard InChI is InChI=1S/C21H24N4O4S/c1-4-28-20(27)16-8-10-18(11-9-16)29-12-17(26)13-30-21-22-23-24-25(21)19-14(2)6-5-7-15(19)3/h5-11,17,26H,4,12-13H2,1-3H3. The Morgan fingerprint density at radius 3 is 2.53 bits per heavy atom. The smallest absolute Gasteiger partial charge is 0.338 e. The predicted octanol–water partition coefficient (Wildman–Crippen LogP) is 2.99. The number of hydrogen-bond donors (Lipinski definition) is 1. The van der Waals surface area contributed by atoms with E-state index in [4.69, 9.17) is 9.47 Å². The SMILES string of the molecule is CCOC(=O)c1ccc(OCC(O)CSc2nnnn2-c2c(C)cccc2C)cc1. The van der Waals surface area contributed by atoms with Crippen LogP contribution in [0.2, 0.25) is 0 Å². The molecule has 2 aromatic carbocycles. The molecule has 3 aromatic rings. The maximum Gasteiger partial charge on any atom is 0.338 e. The summed E-state index contributed by atoms with van der Waals surface area (Å²) in [6.07, 6.45) is -0.720. The number of aryl methyl sites for hydroxylation is 2. The summed E-state index contributed by atoms with van der Waals surface area (Å²) in [5.74, 6) is 0.557. The molecule has 0 radical (unpaired) electrons. The summed E-state index contributed by atoms with van der Waals surface area (Å²) in [5.41, 5.74) is 3.54. The van der Waals surface area contributed by atoms with Crippen molar-refractivity contribution in [3.63, 3.8) is 0 Å². The molecule has 1 aromatic heterocycles. The number of rotatable bonds is 9. The Bertz CT molecular complexity index is 971. The zero-order valence-electron chi connectivity index (χ0n) is 17.1. The van der Waals surface area contributed by atoms with Crippen LogP contribution in [0.15, 0.2) is 47.6 Å². The molecule has 0 amide bonds. The molecule has 1 heterocycles. The van der Waals surface area contributed by atoms with Gasteiger partial charge in [-0.15, -0.1) is 5.10 Å². The van der Waals surface area contributed by atoms with Gasteiger partial charge in [0.2, 0.25) is 5.16 Å². The highest BCUT2D eigenvalue weighted by atomic mass is 32.2. The number of benzene rings is 2. The van der Waals surface area contributed by atoms with Crippen molar-refractivity contribution in [3.05, 3.63) is 59.2 Å². The fraction of sp³-hybridized carbons (Fsp3) is 0.333. The monoisotopic (exact) mass is 428 g/mol. The number of aromatic nitrogens is 4. The van der Waals surface area contributed by atoms with Crippen molar-refractivity contribution < 1.29 is 19.4 Å². The molecule has 8 nitrogen and oxygen atoms in total. The maximum absolute atomic E-state index is 11.7. The lowest BCUT2D eigenvalue weighted by atomic mass is 10.1. The summed E-state index contributed by atoms with van der Waals surface area (Å²) in [4.78, 5) is 11.7. The van der Waals surface area contributed by atoms with Crippen LogP contribution < -0.4 is 4.74 Å². The van der Waals surface area contributed by atoms with Gasteiger partial charge in [0.15, 0.2) is 0 Å². The Morgan fingerprint density at radius 2 is 1.87 bits per heavy atom. The van der Waals surface area contributed by atoms with Gasteiger partial charge in [0.05, 0.1) is 24.0 Å². The molecule has 0 saturated carbocycles. The molecular weight excluding hydrogens is 404 g/mol. The number of aliphatic hydroxyl groups excluding tert-OH is 1. The normalized spacial score (nSPS) is 11.9. The number of para-hydroxylation sites is 1.